The molecule has 1 aliphatic heterocycles. The fraction of sp³-hybridized carbons (Fsp3) is 0.750. The number of ether oxygens (including phenoxy) is 1. The quantitative estimate of drug-likeness (QED) is 0.361. The molecule has 3 rings (SSSR count). The molecule has 2 amide bonds. The van der Waals surface area contributed by atoms with Gasteiger partial charge in [0.25, 0.3) is 0 Å². The standard InChI is InChI=1S/C24H41N5O4S/c25-34(31,32)18-4-3-10-24(22-8-1-2-9-22,11-6-13-29-14-16-33-17-15-29)28-23(30)27-20-21-7-5-12-26-19-21/h5,7,12,19,22H,1-4,6,8-11,13-18,20H2,(H2,25,31,32)(H2,27,28,30). The first-order valence-corrected chi connectivity index (χ1v) is 14.3. The Hall–Kier alpha value is -1.75. The predicted octanol–water partition coefficient (Wildman–Crippen LogP) is 2.38. The second-order valence-electron chi connectivity index (χ2n) is 9.69. The van der Waals surface area contributed by atoms with Crippen LogP contribution in [0, 0.1) is 5.92 Å². The number of sulfonamides is 1. The Morgan fingerprint density at radius 3 is 2.59 bits per heavy atom. The summed E-state index contributed by atoms with van der Waals surface area (Å²) < 4.78 is 28.3. The Labute approximate surface area is 204 Å². The molecule has 1 aromatic heterocycles. The van der Waals surface area contributed by atoms with Gasteiger partial charge in [-0.25, -0.2) is 18.4 Å². The molecule has 9 nitrogen and oxygen atoms in total. The average Bonchev–Trinajstić information content (AvgIpc) is 3.37. The Morgan fingerprint density at radius 1 is 1.18 bits per heavy atom. The van der Waals surface area contributed by atoms with Crippen LogP contribution in [0.1, 0.15) is 63.4 Å². The number of primary sulfonamides is 1. The van der Waals surface area contributed by atoms with E-state index in [4.69, 9.17) is 9.88 Å². The first kappa shape index (κ1) is 26.8. The van der Waals surface area contributed by atoms with Gasteiger partial charge in [-0.2, -0.15) is 0 Å². The van der Waals surface area contributed by atoms with Crippen LogP contribution in [0.5, 0.6) is 0 Å². The summed E-state index contributed by atoms with van der Waals surface area (Å²) in [5.74, 6) is 0.380. The fourth-order valence-corrected chi connectivity index (χ4v) is 5.99. The summed E-state index contributed by atoms with van der Waals surface area (Å²) in [4.78, 5) is 19.6. The van der Waals surface area contributed by atoms with Crippen LogP contribution >= 0.6 is 0 Å². The summed E-state index contributed by atoms with van der Waals surface area (Å²) in [7, 11) is -3.48. The molecule has 4 N–H and O–H groups in total. The Balaban J connectivity index is 1.66. The van der Waals surface area contributed by atoms with Gasteiger partial charge in [-0.05, 0) is 62.6 Å². The van der Waals surface area contributed by atoms with Crippen LogP contribution < -0.4 is 15.8 Å². The number of pyridine rings is 1. The summed E-state index contributed by atoms with van der Waals surface area (Å²) in [6, 6.07) is 3.62. The maximum absolute atomic E-state index is 13.1. The molecule has 0 spiro atoms. The zero-order valence-electron chi connectivity index (χ0n) is 20.2. The number of urea groups is 1. The van der Waals surface area contributed by atoms with E-state index in [9.17, 15) is 13.2 Å². The molecule has 0 aromatic carbocycles. The van der Waals surface area contributed by atoms with Gasteiger partial charge < -0.3 is 15.4 Å². The summed E-state index contributed by atoms with van der Waals surface area (Å²) in [6.07, 6.45) is 11.8. The SMILES string of the molecule is NS(=O)(=O)CCCCC(CCCN1CCOCC1)(NC(=O)NCc1cccnc1)C1CCCC1. The van der Waals surface area contributed by atoms with Gasteiger partial charge in [0.05, 0.1) is 19.0 Å². The van der Waals surface area contributed by atoms with E-state index in [-0.39, 0.29) is 17.3 Å². The average molecular weight is 496 g/mol. The van der Waals surface area contributed by atoms with Crippen LogP contribution in [0.25, 0.3) is 0 Å². The summed E-state index contributed by atoms with van der Waals surface area (Å²) in [6.45, 7) is 4.84. The van der Waals surface area contributed by atoms with Gasteiger partial charge in [-0.1, -0.05) is 25.3 Å². The molecule has 2 fully saturated rings. The maximum Gasteiger partial charge on any atom is 0.315 e. The lowest BCUT2D eigenvalue weighted by atomic mass is 9.75. The van der Waals surface area contributed by atoms with Crippen molar-refractivity contribution < 1.29 is 17.9 Å². The van der Waals surface area contributed by atoms with Gasteiger partial charge in [0.2, 0.25) is 10.0 Å². The third-order valence-corrected chi connectivity index (χ3v) is 8.04. The minimum atomic E-state index is -3.48. The molecule has 1 aromatic rings. The number of amides is 2. The topological polar surface area (TPSA) is 127 Å². The van der Waals surface area contributed by atoms with Crippen molar-refractivity contribution in [2.45, 2.75) is 69.9 Å². The molecule has 1 unspecified atom stereocenters. The van der Waals surface area contributed by atoms with Gasteiger partial charge in [0.1, 0.15) is 0 Å². The number of rotatable bonds is 13. The lowest BCUT2D eigenvalue weighted by Gasteiger charge is -2.41. The molecule has 10 heteroatoms. The highest BCUT2D eigenvalue weighted by atomic mass is 32.2. The molecule has 34 heavy (non-hydrogen) atoms. The molecule has 0 radical (unpaired) electrons. The van der Waals surface area contributed by atoms with Crippen molar-refractivity contribution in [1.82, 2.24) is 20.5 Å². The molecule has 1 saturated carbocycles. The van der Waals surface area contributed by atoms with Crippen molar-refractivity contribution in [3.8, 4) is 0 Å². The first-order chi connectivity index (χ1) is 16.4. The highest BCUT2D eigenvalue weighted by Gasteiger charge is 2.40. The smallest absolute Gasteiger partial charge is 0.315 e. The lowest BCUT2D eigenvalue weighted by Crippen LogP contribution is -2.56. The molecule has 1 atom stereocenters. The Bertz CT molecular complexity index is 842. The summed E-state index contributed by atoms with van der Waals surface area (Å²) in [5.41, 5.74) is 0.602. The van der Waals surface area contributed by atoms with E-state index in [1.165, 1.54) is 12.8 Å². The third-order valence-electron chi connectivity index (χ3n) is 7.18. The number of aromatic nitrogens is 1. The van der Waals surface area contributed by atoms with Gasteiger partial charge in [-0.15, -0.1) is 0 Å². The minimum absolute atomic E-state index is 0.0191. The van der Waals surface area contributed by atoms with Crippen molar-refractivity contribution in [3.05, 3.63) is 30.1 Å². The first-order valence-electron chi connectivity index (χ1n) is 12.6. The molecule has 1 saturated heterocycles. The zero-order valence-corrected chi connectivity index (χ0v) is 21.0. The number of carbonyl (C=O) groups excluding carboxylic acids is 1. The zero-order chi connectivity index (χ0) is 24.3. The van der Waals surface area contributed by atoms with Gasteiger partial charge >= 0.3 is 6.03 Å². The third kappa shape index (κ3) is 9.13. The number of morpholine rings is 1. The van der Waals surface area contributed by atoms with Crippen LogP contribution in [0.2, 0.25) is 0 Å². The van der Waals surface area contributed by atoms with Gasteiger partial charge in [0, 0.05) is 37.6 Å². The molecule has 2 heterocycles. The van der Waals surface area contributed by atoms with Crippen molar-refractivity contribution >= 4 is 16.1 Å². The molecule has 1 aliphatic carbocycles. The number of unbranched alkanes of at least 4 members (excludes halogenated alkanes) is 1. The van der Waals surface area contributed by atoms with E-state index in [2.05, 4.69) is 20.5 Å². The van der Waals surface area contributed by atoms with Crippen molar-refractivity contribution in [3.63, 3.8) is 0 Å². The van der Waals surface area contributed by atoms with Gasteiger partial charge in [0.15, 0.2) is 0 Å². The Kier molecular flexibility index (Phi) is 10.6. The van der Waals surface area contributed by atoms with Crippen molar-refractivity contribution in [1.29, 1.82) is 0 Å². The highest BCUT2D eigenvalue weighted by molar-refractivity contribution is 7.89. The van der Waals surface area contributed by atoms with Crippen LogP contribution in [0.4, 0.5) is 4.79 Å². The monoisotopic (exact) mass is 495 g/mol. The maximum atomic E-state index is 13.1. The van der Waals surface area contributed by atoms with Gasteiger partial charge in [-0.3, -0.25) is 9.88 Å². The molecule has 0 bridgehead atoms. The van der Waals surface area contributed by atoms with Crippen LogP contribution in [-0.2, 0) is 21.3 Å². The predicted molar refractivity (Wildman–Crippen MR) is 133 cm³/mol. The number of hydrogen-bond donors (Lipinski definition) is 3. The van der Waals surface area contributed by atoms with E-state index in [1.54, 1.807) is 12.4 Å². The molecular weight excluding hydrogens is 454 g/mol. The summed E-state index contributed by atoms with van der Waals surface area (Å²) in [5, 5.41) is 11.6. The van der Waals surface area contributed by atoms with E-state index in [0.717, 1.165) is 70.5 Å². The van der Waals surface area contributed by atoms with Crippen molar-refractivity contribution in [2.24, 2.45) is 11.1 Å². The van der Waals surface area contributed by atoms with Crippen LogP contribution in [0.15, 0.2) is 24.5 Å². The molecular formula is C24H41N5O4S. The number of nitrogens with one attached hydrogen (secondary N) is 2. The normalized spacial score (nSPS) is 19.6. The second-order valence-corrected chi connectivity index (χ2v) is 11.4. The molecule has 192 valence electrons. The number of carbonyl (C=O) groups is 1. The molecule has 2 aliphatic rings. The Morgan fingerprint density at radius 2 is 1.91 bits per heavy atom. The number of nitrogens with zero attached hydrogens (tertiary/aromatic N) is 2. The van der Waals surface area contributed by atoms with E-state index in [1.807, 2.05) is 12.1 Å². The minimum Gasteiger partial charge on any atom is -0.379 e. The highest BCUT2D eigenvalue weighted by Crippen LogP contribution is 2.40. The number of nitrogens with two attached hydrogens (primary N) is 1. The van der Waals surface area contributed by atoms with Crippen molar-refractivity contribution in [2.75, 3.05) is 38.6 Å². The van der Waals surface area contributed by atoms with E-state index < -0.39 is 10.0 Å². The van der Waals surface area contributed by atoms with E-state index >= 15 is 0 Å². The summed E-state index contributed by atoms with van der Waals surface area (Å²) >= 11 is 0. The lowest BCUT2D eigenvalue weighted by molar-refractivity contribution is 0.0352. The fourth-order valence-electron chi connectivity index (χ4n) is 5.38. The number of hydrogen-bond acceptors (Lipinski definition) is 6. The second kappa shape index (κ2) is 13.4. The van der Waals surface area contributed by atoms with E-state index in [0.29, 0.717) is 25.3 Å². The van der Waals surface area contributed by atoms with Crippen LogP contribution in [-0.4, -0.2) is 68.5 Å². The van der Waals surface area contributed by atoms with Crippen LogP contribution in [0.3, 0.4) is 0 Å². The largest absolute Gasteiger partial charge is 0.379 e.